The van der Waals surface area contributed by atoms with E-state index in [2.05, 4.69) is 21.3 Å². The van der Waals surface area contributed by atoms with Crippen molar-refractivity contribution >= 4 is 23.7 Å². The molecule has 4 aromatic carbocycles. The monoisotopic (exact) mass is 578 g/mol. The van der Waals surface area contributed by atoms with E-state index in [4.69, 9.17) is 4.74 Å². The minimum absolute atomic E-state index is 0.0858. The molecule has 0 saturated heterocycles. The number of hydrogen-bond acceptors (Lipinski definition) is 6. The standard InChI is InChI=1S/C34H34N4O5/c39-30(35-22-31(40)37-24-33(42)43-25-26-13-5-1-6-14-26)21-36-32(41)23-38-34(27-15-7-2-8-16-27,28-17-9-3-10-18-28)29-19-11-4-12-20-29/h1-20,38H,21-25H2,(H,35,39)(H,36,41)(H,37,40). The van der Waals surface area contributed by atoms with E-state index in [0.29, 0.717) is 0 Å². The van der Waals surface area contributed by atoms with Gasteiger partial charge in [0.1, 0.15) is 13.2 Å². The summed E-state index contributed by atoms with van der Waals surface area (Å²) in [6.45, 7) is -0.975. The fourth-order valence-corrected chi connectivity index (χ4v) is 4.59. The van der Waals surface area contributed by atoms with Crippen molar-refractivity contribution in [3.63, 3.8) is 0 Å². The molecule has 0 heterocycles. The number of ether oxygens (including phenoxy) is 1. The molecule has 43 heavy (non-hydrogen) atoms. The molecule has 220 valence electrons. The van der Waals surface area contributed by atoms with Gasteiger partial charge in [-0.05, 0) is 22.3 Å². The Morgan fingerprint density at radius 2 is 0.860 bits per heavy atom. The third-order valence-electron chi connectivity index (χ3n) is 6.70. The van der Waals surface area contributed by atoms with Gasteiger partial charge in [-0.2, -0.15) is 0 Å². The fraction of sp³-hybridized carbons (Fsp3) is 0.176. The smallest absolute Gasteiger partial charge is 0.325 e. The van der Waals surface area contributed by atoms with Crippen LogP contribution in [0, 0.1) is 0 Å². The Hall–Kier alpha value is -5.28. The molecule has 9 heteroatoms. The van der Waals surface area contributed by atoms with Crippen LogP contribution in [0.25, 0.3) is 0 Å². The van der Waals surface area contributed by atoms with E-state index >= 15 is 0 Å². The Labute approximate surface area is 250 Å². The molecule has 4 aromatic rings. The van der Waals surface area contributed by atoms with Gasteiger partial charge in [0.25, 0.3) is 0 Å². The highest BCUT2D eigenvalue weighted by Gasteiger charge is 2.36. The highest BCUT2D eigenvalue weighted by atomic mass is 16.5. The molecule has 0 unspecified atom stereocenters. The van der Waals surface area contributed by atoms with E-state index < -0.39 is 29.2 Å². The van der Waals surface area contributed by atoms with Gasteiger partial charge in [-0.3, -0.25) is 24.5 Å². The summed E-state index contributed by atoms with van der Waals surface area (Å²) in [5, 5.41) is 10.9. The maximum atomic E-state index is 12.9. The van der Waals surface area contributed by atoms with Gasteiger partial charge in [0, 0.05) is 0 Å². The minimum atomic E-state index is -0.830. The van der Waals surface area contributed by atoms with Gasteiger partial charge in [-0.25, -0.2) is 0 Å². The van der Waals surface area contributed by atoms with Crippen LogP contribution in [0.15, 0.2) is 121 Å². The van der Waals surface area contributed by atoms with Gasteiger partial charge in [-0.1, -0.05) is 121 Å². The molecule has 0 radical (unpaired) electrons. The van der Waals surface area contributed by atoms with Crippen LogP contribution in [0.3, 0.4) is 0 Å². The maximum absolute atomic E-state index is 12.9. The number of hydrogen-bond donors (Lipinski definition) is 4. The minimum Gasteiger partial charge on any atom is -0.460 e. The first-order valence-electron chi connectivity index (χ1n) is 13.9. The first-order chi connectivity index (χ1) is 21.0. The van der Waals surface area contributed by atoms with E-state index in [1.54, 1.807) is 0 Å². The highest BCUT2D eigenvalue weighted by molar-refractivity contribution is 5.89. The van der Waals surface area contributed by atoms with Crippen molar-refractivity contribution in [2.24, 2.45) is 0 Å². The van der Waals surface area contributed by atoms with E-state index in [-0.39, 0.29) is 32.8 Å². The fourth-order valence-electron chi connectivity index (χ4n) is 4.59. The molecule has 4 N–H and O–H groups in total. The van der Waals surface area contributed by atoms with Crippen molar-refractivity contribution in [3.8, 4) is 0 Å². The second-order valence-electron chi connectivity index (χ2n) is 9.68. The van der Waals surface area contributed by atoms with Crippen LogP contribution in [0.5, 0.6) is 0 Å². The average Bonchev–Trinajstić information content (AvgIpc) is 3.06. The summed E-state index contributed by atoms with van der Waals surface area (Å²) in [5.74, 6) is -2.10. The number of carbonyl (C=O) groups is 4. The third kappa shape index (κ3) is 8.85. The largest absolute Gasteiger partial charge is 0.460 e. The van der Waals surface area contributed by atoms with Crippen LogP contribution in [0.2, 0.25) is 0 Å². The highest BCUT2D eigenvalue weighted by Crippen LogP contribution is 2.36. The Morgan fingerprint density at radius 1 is 0.488 bits per heavy atom. The zero-order chi connectivity index (χ0) is 30.3. The Balaban J connectivity index is 1.27. The predicted octanol–water partition coefficient (Wildman–Crippen LogP) is 2.66. The van der Waals surface area contributed by atoms with Crippen LogP contribution >= 0.6 is 0 Å². The summed E-state index contributed by atoms with van der Waals surface area (Å²) >= 11 is 0. The molecular formula is C34H34N4O5. The SMILES string of the molecule is O=C(CNC(=O)CNC(c1ccccc1)(c1ccccc1)c1ccccc1)NCC(=O)NCC(=O)OCc1ccccc1. The first-order valence-corrected chi connectivity index (χ1v) is 13.9. The van der Waals surface area contributed by atoms with Crippen molar-refractivity contribution in [2.75, 3.05) is 26.2 Å². The molecule has 0 aromatic heterocycles. The summed E-state index contributed by atoms with van der Waals surface area (Å²) in [6, 6.07) is 38.7. The molecule has 4 rings (SSSR count). The molecule has 0 aliphatic rings. The van der Waals surface area contributed by atoms with E-state index in [1.165, 1.54) is 0 Å². The van der Waals surface area contributed by atoms with Gasteiger partial charge in [0.05, 0.1) is 25.2 Å². The van der Waals surface area contributed by atoms with Crippen LogP contribution in [-0.4, -0.2) is 49.9 Å². The normalized spacial score (nSPS) is 10.8. The number of benzene rings is 4. The summed E-state index contributed by atoms with van der Waals surface area (Å²) in [6.07, 6.45) is 0. The molecule has 0 fully saturated rings. The lowest BCUT2D eigenvalue weighted by molar-refractivity contribution is -0.145. The third-order valence-corrected chi connectivity index (χ3v) is 6.70. The summed E-state index contributed by atoms with van der Waals surface area (Å²) < 4.78 is 5.11. The Bertz CT molecular complexity index is 1390. The molecule has 0 atom stereocenters. The number of carbonyl (C=O) groups excluding carboxylic acids is 4. The van der Waals surface area contributed by atoms with E-state index in [0.717, 1.165) is 22.3 Å². The van der Waals surface area contributed by atoms with Gasteiger partial charge < -0.3 is 20.7 Å². The number of amides is 3. The lowest BCUT2D eigenvalue weighted by Crippen LogP contribution is -2.50. The van der Waals surface area contributed by atoms with Gasteiger partial charge >= 0.3 is 5.97 Å². The molecule has 0 aliphatic carbocycles. The topological polar surface area (TPSA) is 126 Å². The van der Waals surface area contributed by atoms with E-state index in [1.807, 2.05) is 121 Å². The van der Waals surface area contributed by atoms with Gasteiger partial charge in [-0.15, -0.1) is 0 Å². The Morgan fingerprint density at radius 3 is 1.30 bits per heavy atom. The lowest BCUT2D eigenvalue weighted by atomic mass is 9.77. The zero-order valence-electron chi connectivity index (χ0n) is 23.6. The van der Waals surface area contributed by atoms with Crippen LogP contribution in [-0.2, 0) is 36.1 Å². The number of nitrogens with one attached hydrogen (secondary N) is 4. The number of rotatable bonds is 14. The second-order valence-corrected chi connectivity index (χ2v) is 9.68. The predicted molar refractivity (Wildman–Crippen MR) is 162 cm³/mol. The summed E-state index contributed by atoms with van der Waals surface area (Å²) in [7, 11) is 0. The second kappa shape index (κ2) is 15.6. The molecule has 3 amide bonds. The maximum Gasteiger partial charge on any atom is 0.325 e. The zero-order valence-corrected chi connectivity index (χ0v) is 23.6. The molecule has 0 saturated carbocycles. The van der Waals surface area contributed by atoms with Crippen molar-refractivity contribution in [2.45, 2.75) is 12.1 Å². The van der Waals surface area contributed by atoms with E-state index in [9.17, 15) is 19.2 Å². The summed E-state index contributed by atoms with van der Waals surface area (Å²) in [5.41, 5.74) is 2.86. The van der Waals surface area contributed by atoms with Gasteiger partial charge in [0.15, 0.2) is 0 Å². The molecule has 9 nitrogen and oxygen atoms in total. The van der Waals surface area contributed by atoms with Crippen LogP contribution in [0.1, 0.15) is 22.3 Å². The first kappa shape index (κ1) is 30.7. The lowest BCUT2D eigenvalue weighted by Gasteiger charge is -2.37. The van der Waals surface area contributed by atoms with Crippen molar-refractivity contribution in [1.29, 1.82) is 0 Å². The summed E-state index contributed by atoms with van der Waals surface area (Å²) in [4.78, 5) is 49.1. The quantitative estimate of drug-likeness (QED) is 0.135. The van der Waals surface area contributed by atoms with Crippen molar-refractivity contribution < 1.29 is 23.9 Å². The molecular weight excluding hydrogens is 544 g/mol. The van der Waals surface area contributed by atoms with Crippen molar-refractivity contribution in [1.82, 2.24) is 21.3 Å². The molecule has 0 spiro atoms. The Kier molecular flexibility index (Phi) is 11.2. The van der Waals surface area contributed by atoms with Crippen LogP contribution < -0.4 is 21.3 Å². The average molecular weight is 579 g/mol. The molecule has 0 aliphatic heterocycles. The van der Waals surface area contributed by atoms with Gasteiger partial charge in [0.2, 0.25) is 17.7 Å². The molecule has 0 bridgehead atoms. The van der Waals surface area contributed by atoms with Crippen molar-refractivity contribution in [3.05, 3.63) is 144 Å². The number of esters is 1. The van der Waals surface area contributed by atoms with Crippen LogP contribution in [0.4, 0.5) is 0 Å².